The molecule has 11 heteroatoms. The van der Waals surface area contributed by atoms with Crippen molar-refractivity contribution in [2.45, 2.75) is 32.4 Å². The third kappa shape index (κ3) is 5.32. The van der Waals surface area contributed by atoms with Gasteiger partial charge in [0, 0.05) is 19.0 Å². The number of hydrogen-bond acceptors (Lipinski definition) is 6. The van der Waals surface area contributed by atoms with Crippen LogP contribution in [0.4, 0.5) is 23.1 Å². The Morgan fingerprint density at radius 1 is 1.33 bits per heavy atom. The van der Waals surface area contributed by atoms with Gasteiger partial charge in [-0.1, -0.05) is 18.3 Å². The minimum Gasteiger partial charge on any atom is -0.440 e. The lowest BCUT2D eigenvalue weighted by Gasteiger charge is -2.30. The van der Waals surface area contributed by atoms with Gasteiger partial charge in [0.25, 0.3) is 0 Å². The highest BCUT2D eigenvalue weighted by Crippen LogP contribution is 2.22. The van der Waals surface area contributed by atoms with Gasteiger partial charge < -0.3 is 15.0 Å². The number of halogens is 3. The average Bonchev–Trinajstić information content (AvgIpc) is 2.99. The van der Waals surface area contributed by atoms with Crippen molar-refractivity contribution in [1.29, 1.82) is 0 Å². The number of hydrogen-bond donors (Lipinski definition) is 1. The van der Waals surface area contributed by atoms with E-state index in [4.69, 9.17) is 0 Å². The maximum atomic E-state index is 12.1. The minimum atomic E-state index is -4.55. The molecule has 134 valence electrons. The SMILES string of the molecule is CCc1nnc(NC(=O)C2CCN(C(=O)OCC(F)(F)F)CC2)s1. The molecule has 0 aliphatic carbocycles. The molecule has 0 spiro atoms. The summed E-state index contributed by atoms with van der Waals surface area (Å²) in [4.78, 5) is 24.9. The lowest BCUT2D eigenvalue weighted by molar-refractivity contribution is -0.162. The fourth-order valence-electron chi connectivity index (χ4n) is 2.21. The Bertz CT molecular complexity index is 585. The number of nitrogens with one attached hydrogen (secondary N) is 1. The van der Waals surface area contributed by atoms with Gasteiger partial charge in [-0.2, -0.15) is 13.2 Å². The second-order valence-electron chi connectivity index (χ2n) is 5.27. The highest BCUT2D eigenvalue weighted by Gasteiger charge is 2.33. The first-order valence-corrected chi connectivity index (χ1v) is 8.22. The van der Waals surface area contributed by atoms with E-state index >= 15 is 0 Å². The number of anilines is 1. The first kappa shape index (κ1) is 18.4. The van der Waals surface area contributed by atoms with Gasteiger partial charge in [-0.3, -0.25) is 4.79 Å². The van der Waals surface area contributed by atoms with Gasteiger partial charge in [0.2, 0.25) is 11.0 Å². The number of carbonyl (C=O) groups is 2. The van der Waals surface area contributed by atoms with Crippen molar-refractivity contribution in [2.24, 2.45) is 5.92 Å². The molecule has 1 aromatic heterocycles. The molecule has 0 unspecified atom stereocenters. The number of rotatable bonds is 4. The number of carbonyl (C=O) groups excluding carboxylic acids is 2. The molecule has 0 radical (unpaired) electrons. The maximum absolute atomic E-state index is 12.1. The number of piperidine rings is 1. The Balaban J connectivity index is 1.77. The molecule has 0 bridgehead atoms. The standard InChI is InChI=1S/C13H17F3N4O3S/c1-2-9-18-19-11(24-9)17-10(21)8-3-5-20(6-4-8)12(22)23-7-13(14,15)16/h8H,2-7H2,1H3,(H,17,19,21). The number of likely N-dealkylation sites (tertiary alicyclic amines) is 1. The highest BCUT2D eigenvalue weighted by atomic mass is 32.1. The van der Waals surface area contributed by atoms with Gasteiger partial charge in [0.1, 0.15) is 5.01 Å². The molecule has 1 N–H and O–H groups in total. The van der Waals surface area contributed by atoms with Gasteiger partial charge >= 0.3 is 12.3 Å². The number of ether oxygens (including phenoxy) is 1. The second kappa shape index (κ2) is 7.77. The molecule has 0 aromatic carbocycles. The van der Waals surface area contributed by atoms with E-state index in [-0.39, 0.29) is 24.9 Å². The van der Waals surface area contributed by atoms with Gasteiger partial charge in [-0.05, 0) is 19.3 Å². The van der Waals surface area contributed by atoms with Crippen molar-refractivity contribution < 1.29 is 27.5 Å². The Morgan fingerprint density at radius 2 is 2.00 bits per heavy atom. The van der Waals surface area contributed by atoms with Crippen molar-refractivity contribution in [1.82, 2.24) is 15.1 Å². The van der Waals surface area contributed by atoms with E-state index in [9.17, 15) is 22.8 Å². The van der Waals surface area contributed by atoms with E-state index in [1.54, 1.807) is 0 Å². The van der Waals surface area contributed by atoms with E-state index in [0.717, 1.165) is 11.4 Å². The summed E-state index contributed by atoms with van der Waals surface area (Å²) in [5.74, 6) is -0.553. The van der Waals surface area contributed by atoms with Crippen molar-refractivity contribution in [3.8, 4) is 0 Å². The lowest BCUT2D eigenvalue weighted by atomic mass is 9.96. The van der Waals surface area contributed by atoms with Gasteiger partial charge in [-0.25, -0.2) is 4.79 Å². The van der Waals surface area contributed by atoms with E-state index in [1.165, 1.54) is 16.2 Å². The van der Waals surface area contributed by atoms with E-state index < -0.39 is 18.9 Å². The largest absolute Gasteiger partial charge is 0.440 e. The molecule has 7 nitrogen and oxygen atoms in total. The van der Waals surface area contributed by atoms with Gasteiger partial charge in [0.05, 0.1) is 0 Å². The molecular formula is C13H17F3N4O3S. The zero-order valence-corrected chi connectivity index (χ0v) is 13.7. The van der Waals surface area contributed by atoms with Crippen LogP contribution in [0, 0.1) is 5.92 Å². The fraction of sp³-hybridized carbons (Fsp3) is 0.692. The molecular weight excluding hydrogens is 349 g/mol. The summed E-state index contributed by atoms with van der Waals surface area (Å²) in [6.07, 6.45) is -4.12. The van der Waals surface area contributed by atoms with Crippen LogP contribution in [0.15, 0.2) is 0 Å². The summed E-state index contributed by atoms with van der Waals surface area (Å²) in [6, 6.07) is 0. The number of nitrogens with zero attached hydrogens (tertiary/aromatic N) is 3. The Labute approximate surface area is 140 Å². The van der Waals surface area contributed by atoms with Crippen LogP contribution in [-0.2, 0) is 16.0 Å². The number of aryl methyl sites for hydroxylation is 1. The van der Waals surface area contributed by atoms with Crippen molar-refractivity contribution in [3.63, 3.8) is 0 Å². The Morgan fingerprint density at radius 3 is 2.54 bits per heavy atom. The van der Waals surface area contributed by atoms with Crippen LogP contribution in [0.5, 0.6) is 0 Å². The first-order valence-electron chi connectivity index (χ1n) is 7.40. The topological polar surface area (TPSA) is 84.4 Å². The molecule has 1 aliphatic heterocycles. The van der Waals surface area contributed by atoms with Crippen LogP contribution in [-0.4, -0.2) is 53.0 Å². The summed E-state index contributed by atoms with van der Waals surface area (Å²) >= 11 is 1.29. The lowest BCUT2D eigenvalue weighted by Crippen LogP contribution is -2.42. The molecule has 2 heterocycles. The summed E-state index contributed by atoms with van der Waals surface area (Å²) in [5, 5.41) is 11.7. The van der Waals surface area contributed by atoms with Crippen molar-refractivity contribution in [2.75, 3.05) is 25.0 Å². The van der Waals surface area contributed by atoms with Gasteiger partial charge in [-0.15, -0.1) is 10.2 Å². The van der Waals surface area contributed by atoms with E-state index in [2.05, 4.69) is 20.3 Å². The molecule has 0 saturated carbocycles. The molecule has 0 atom stereocenters. The molecule has 2 amide bonds. The highest BCUT2D eigenvalue weighted by molar-refractivity contribution is 7.15. The summed E-state index contributed by atoms with van der Waals surface area (Å²) in [5.41, 5.74) is 0. The number of alkyl halides is 3. The zero-order valence-electron chi connectivity index (χ0n) is 12.9. The number of aromatic nitrogens is 2. The number of amides is 2. The third-order valence-corrected chi connectivity index (χ3v) is 4.47. The molecule has 1 fully saturated rings. The van der Waals surface area contributed by atoms with Crippen molar-refractivity contribution in [3.05, 3.63) is 5.01 Å². The molecule has 2 rings (SSSR count). The monoisotopic (exact) mass is 366 g/mol. The Hall–Kier alpha value is -1.91. The predicted octanol–water partition coefficient (Wildman–Crippen LogP) is 2.45. The van der Waals surface area contributed by atoms with Crippen LogP contribution < -0.4 is 5.32 Å². The average molecular weight is 366 g/mol. The first-order chi connectivity index (χ1) is 11.3. The quantitative estimate of drug-likeness (QED) is 0.885. The molecule has 1 saturated heterocycles. The van der Waals surface area contributed by atoms with Crippen molar-refractivity contribution >= 4 is 28.5 Å². The minimum absolute atomic E-state index is 0.172. The zero-order chi connectivity index (χ0) is 17.7. The van der Waals surface area contributed by atoms with Crippen LogP contribution in [0.25, 0.3) is 0 Å². The van der Waals surface area contributed by atoms with Crippen LogP contribution in [0.3, 0.4) is 0 Å². The van der Waals surface area contributed by atoms with Crippen LogP contribution in [0.2, 0.25) is 0 Å². The normalized spacial score (nSPS) is 16.1. The third-order valence-electron chi connectivity index (χ3n) is 3.48. The fourth-order valence-corrected chi connectivity index (χ4v) is 2.90. The summed E-state index contributed by atoms with van der Waals surface area (Å²) in [6.45, 7) is 0.666. The van der Waals surface area contributed by atoms with Crippen LogP contribution in [0.1, 0.15) is 24.8 Å². The second-order valence-corrected chi connectivity index (χ2v) is 6.34. The molecule has 24 heavy (non-hydrogen) atoms. The summed E-state index contributed by atoms with van der Waals surface area (Å²) in [7, 11) is 0. The van der Waals surface area contributed by atoms with Gasteiger partial charge in [0.15, 0.2) is 6.61 Å². The molecule has 1 aromatic rings. The summed E-state index contributed by atoms with van der Waals surface area (Å²) < 4.78 is 40.3. The maximum Gasteiger partial charge on any atom is 0.422 e. The van der Waals surface area contributed by atoms with E-state index in [1.807, 2.05) is 6.92 Å². The Kier molecular flexibility index (Phi) is 5.97. The predicted molar refractivity (Wildman–Crippen MR) is 79.6 cm³/mol. The van der Waals surface area contributed by atoms with E-state index in [0.29, 0.717) is 18.0 Å². The molecule has 1 aliphatic rings. The van der Waals surface area contributed by atoms with Crippen LogP contribution >= 0.6 is 11.3 Å². The smallest absolute Gasteiger partial charge is 0.422 e.